The van der Waals surface area contributed by atoms with Crippen molar-refractivity contribution < 1.29 is 5.11 Å². The van der Waals surface area contributed by atoms with Gasteiger partial charge in [0.25, 0.3) is 0 Å². The van der Waals surface area contributed by atoms with Gasteiger partial charge >= 0.3 is 0 Å². The Balaban J connectivity index is 2.39. The predicted molar refractivity (Wildman–Crippen MR) is 62.0 cm³/mol. The van der Waals surface area contributed by atoms with Gasteiger partial charge in [-0.15, -0.1) is 0 Å². The van der Waals surface area contributed by atoms with Gasteiger partial charge < -0.3 is 5.11 Å². The molecule has 0 amide bonds. The van der Waals surface area contributed by atoms with E-state index in [0.717, 1.165) is 16.8 Å². The van der Waals surface area contributed by atoms with Crippen molar-refractivity contribution in [2.24, 2.45) is 0 Å². The van der Waals surface area contributed by atoms with E-state index in [1.54, 1.807) is 12.4 Å². The van der Waals surface area contributed by atoms with E-state index in [9.17, 15) is 5.11 Å². The van der Waals surface area contributed by atoms with Gasteiger partial charge in [0.15, 0.2) is 0 Å². The molecule has 0 aromatic carbocycles. The molecule has 2 aromatic heterocycles. The first-order valence-electron chi connectivity index (χ1n) is 5.20. The van der Waals surface area contributed by atoms with Crippen LogP contribution < -0.4 is 0 Å². The summed E-state index contributed by atoms with van der Waals surface area (Å²) in [5, 5.41) is 10.2. The number of aryl methyl sites for hydroxylation is 2. The van der Waals surface area contributed by atoms with E-state index in [-0.39, 0.29) is 0 Å². The summed E-state index contributed by atoms with van der Waals surface area (Å²) in [6.07, 6.45) is 2.70. The van der Waals surface area contributed by atoms with Crippen LogP contribution in [0.2, 0.25) is 0 Å². The summed E-state index contributed by atoms with van der Waals surface area (Å²) >= 11 is 0. The van der Waals surface area contributed by atoms with E-state index in [4.69, 9.17) is 0 Å². The van der Waals surface area contributed by atoms with Crippen LogP contribution in [-0.4, -0.2) is 15.1 Å². The Bertz CT molecular complexity index is 497. The Kier molecular flexibility index (Phi) is 2.97. The zero-order chi connectivity index (χ0) is 11.5. The number of aliphatic hydroxyl groups is 1. The Morgan fingerprint density at radius 2 is 2.00 bits per heavy atom. The third-order valence-electron chi connectivity index (χ3n) is 2.56. The summed E-state index contributed by atoms with van der Waals surface area (Å²) < 4.78 is 0. The maximum absolute atomic E-state index is 10.2. The monoisotopic (exact) mass is 214 g/mol. The molecular formula is C13H14N2O. The van der Waals surface area contributed by atoms with Gasteiger partial charge in [0, 0.05) is 23.7 Å². The number of pyridine rings is 2. The summed E-state index contributed by atoms with van der Waals surface area (Å²) in [6, 6.07) is 7.51. The van der Waals surface area contributed by atoms with Gasteiger partial charge in [0.05, 0.1) is 5.69 Å². The third-order valence-corrected chi connectivity index (χ3v) is 2.56. The highest BCUT2D eigenvalue weighted by atomic mass is 16.3. The molecule has 0 radical (unpaired) electrons. The van der Waals surface area contributed by atoms with Gasteiger partial charge in [0.1, 0.15) is 6.10 Å². The highest BCUT2D eigenvalue weighted by Gasteiger charge is 2.13. The fraction of sp³-hybridized carbons (Fsp3) is 0.231. The Hall–Kier alpha value is -1.74. The molecule has 0 aliphatic heterocycles. The summed E-state index contributed by atoms with van der Waals surface area (Å²) in [5.41, 5.74) is 3.39. The Labute approximate surface area is 94.8 Å². The molecule has 1 unspecified atom stereocenters. The minimum atomic E-state index is -0.700. The van der Waals surface area contributed by atoms with E-state index in [0.29, 0.717) is 5.69 Å². The molecule has 0 saturated heterocycles. The molecule has 3 nitrogen and oxygen atoms in total. The minimum absolute atomic E-state index is 0.663. The second-order valence-corrected chi connectivity index (χ2v) is 3.84. The first kappa shape index (κ1) is 10.8. The number of aliphatic hydroxyl groups excluding tert-OH is 1. The molecule has 0 aliphatic carbocycles. The average molecular weight is 214 g/mol. The Morgan fingerprint density at radius 3 is 2.69 bits per heavy atom. The first-order chi connectivity index (χ1) is 7.68. The molecule has 16 heavy (non-hydrogen) atoms. The van der Waals surface area contributed by atoms with Crippen LogP contribution in [0, 0.1) is 13.8 Å². The molecule has 2 heterocycles. The van der Waals surface area contributed by atoms with Crippen molar-refractivity contribution >= 4 is 0 Å². The van der Waals surface area contributed by atoms with Crippen LogP contribution in [0.15, 0.2) is 36.7 Å². The quantitative estimate of drug-likeness (QED) is 0.833. The largest absolute Gasteiger partial charge is 0.382 e. The van der Waals surface area contributed by atoms with Crippen molar-refractivity contribution in [2.45, 2.75) is 20.0 Å². The second-order valence-electron chi connectivity index (χ2n) is 3.84. The zero-order valence-corrected chi connectivity index (χ0v) is 9.38. The van der Waals surface area contributed by atoms with Crippen molar-refractivity contribution in [3.8, 4) is 0 Å². The summed E-state index contributed by atoms with van der Waals surface area (Å²) in [4.78, 5) is 8.34. The van der Waals surface area contributed by atoms with E-state index < -0.39 is 6.10 Å². The number of rotatable bonds is 2. The maximum Gasteiger partial charge on any atom is 0.123 e. The molecule has 0 spiro atoms. The lowest BCUT2D eigenvalue weighted by atomic mass is 10.0. The molecule has 0 saturated carbocycles. The van der Waals surface area contributed by atoms with Crippen molar-refractivity contribution in [3.05, 3.63) is 59.2 Å². The van der Waals surface area contributed by atoms with Gasteiger partial charge in [-0.1, -0.05) is 6.07 Å². The molecular weight excluding hydrogens is 200 g/mol. The van der Waals surface area contributed by atoms with Gasteiger partial charge in [0.2, 0.25) is 0 Å². The smallest absolute Gasteiger partial charge is 0.123 e. The summed E-state index contributed by atoms with van der Waals surface area (Å²) in [6.45, 7) is 3.86. The number of hydrogen-bond acceptors (Lipinski definition) is 3. The Morgan fingerprint density at radius 1 is 1.19 bits per heavy atom. The molecule has 3 heteroatoms. The van der Waals surface area contributed by atoms with E-state index in [1.807, 2.05) is 38.1 Å². The highest BCUT2D eigenvalue weighted by Crippen LogP contribution is 2.22. The molecule has 2 aromatic rings. The normalized spacial score (nSPS) is 12.4. The van der Waals surface area contributed by atoms with Gasteiger partial charge in [-0.2, -0.15) is 0 Å². The topological polar surface area (TPSA) is 46.0 Å². The first-order valence-corrected chi connectivity index (χ1v) is 5.20. The van der Waals surface area contributed by atoms with E-state index in [1.165, 1.54) is 0 Å². The minimum Gasteiger partial charge on any atom is -0.382 e. The van der Waals surface area contributed by atoms with Crippen molar-refractivity contribution in [2.75, 3.05) is 0 Å². The standard InChI is InChI=1S/C13H14N2O/c1-9-6-7-14-8-11(9)13(16)12-5-3-4-10(2)15-12/h3-8,13,16H,1-2H3. The van der Waals surface area contributed by atoms with E-state index >= 15 is 0 Å². The van der Waals surface area contributed by atoms with Crippen LogP contribution in [0.3, 0.4) is 0 Å². The number of nitrogens with zero attached hydrogens (tertiary/aromatic N) is 2. The zero-order valence-electron chi connectivity index (χ0n) is 9.38. The lowest BCUT2D eigenvalue weighted by Crippen LogP contribution is -2.05. The van der Waals surface area contributed by atoms with Gasteiger partial charge in [-0.3, -0.25) is 9.97 Å². The van der Waals surface area contributed by atoms with E-state index in [2.05, 4.69) is 9.97 Å². The fourth-order valence-electron chi connectivity index (χ4n) is 1.64. The summed E-state index contributed by atoms with van der Waals surface area (Å²) in [7, 11) is 0. The average Bonchev–Trinajstić information content (AvgIpc) is 2.29. The van der Waals surface area contributed by atoms with Crippen molar-refractivity contribution in [1.82, 2.24) is 9.97 Å². The third kappa shape index (κ3) is 2.09. The van der Waals surface area contributed by atoms with Crippen LogP contribution in [-0.2, 0) is 0 Å². The van der Waals surface area contributed by atoms with Crippen LogP contribution in [0.1, 0.15) is 28.6 Å². The fourth-order valence-corrected chi connectivity index (χ4v) is 1.64. The lowest BCUT2D eigenvalue weighted by Gasteiger charge is -2.12. The van der Waals surface area contributed by atoms with Crippen LogP contribution in [0.4, 0.5) is 0 Å². The molecule has 1 N–H and O–H groups in total. The molecule has 1 atom stereocenters. The lowest BCUT2D eigenvalue weighted by molar-refractivity contribution is 0.214. The van der Waals surface area contributed by atoms with Crippen LogP contribution in [0.25, 0.3) is 0 Å². The molecule has 2 rings (SSSR count). The maximum atomic E-state index is 10.2. The number of aromatic nitrogens is 2. The van der Waals surface area contributed by atoms with Crippen LogP contribution in [0.5, 0.6) is 0 Å². The van der Waals surface area contributed by atoms with Crippen molar-refractivity contribution in [3.63, 3.8) is 0 Å². The highest BCUT2D eigenvalue weighted by molar-refractivity contribution is 5.30. The number of hydrogen-bond donors (Lipinski definition) is 1. The van der Waals surface area contributed by atoms with Crippen molar-refractivity contribution in [1.29, 1.82) is 0 Å². The molecule has 0 aliphatic rings. The van der Waals surface area contributed by atoms with Gasteiger partial charge in [-0.25, -0.2) is 0 Å². The predicted octanol–water partition coefficient (Wildman–Crippen LogP) is 2.18. The molecule has 82 valence electrons. The summed E-state index contributed by atoms with van der Waals surface area (Å²) in [5.74, 6) is 0. The molecule has 0 fully saturated rings. The van der Waals surface area contributed by atoms with Gasteiger partial charge in [-0.05, 0) is 37.6 Å². The SMILES string of the molecule is Cc1cccc(C(O)c2cnccc2C)n1. The molecule has 0 bridgehead atoms. The second kappa shape index (κ2) is 4.41. The van der Waals surface area contributed by atoms with Crippen LogP contribution >= 0.6 is 0 Å².